The zero-order valence-electron chi connectivity index (χ0n) is 11.6. The number of aliphatic hydroxyl groups excluding tert-OH is 1. The van der Waals surface area contributed by atoms with Gasteiger partial charge < -0.3 is 9.84 Å². The molecule has 1 saturated heterocycles. The van der Waals surface area contributed by atoms with Crippen LogP contribution in [-0.2, 0) is 27.8 Å². The van der Waals surface area contributed by atoms with Crippen molar-refractivity contribution in [3.8, 4) is 0 Å². The monoisotopic (exact) mass is 299 g/mol. The van der Waals surface area contributed by atoms with Crippen molar-refractivity contribution < 1.29 is 18.3 Å². The van der Waals surface area contributed by atoms with E-state index in [-0.39, 0.29) is 17.5 Å². The number of nitrogens with one attached hydrogen (secondary N) is 1. The number of aryl methyl sites for hydroxylation is 1. The largest absolute Gasteiger partial charge is 0.392 e. The van der Waals surface area contributed by atoms with E-state index in [0.29, 0.717) is 38.0 Å². The summed E-state index contributed by atoms with van der Waals surface area (Å²) < 4.78 is 33.0. The van der Waals surface area contributed by atoms with Crippen molar-refractivity contribution in [2.75, 3.05) is 13.2 Å². The van der Waals surface area contributed by atoms with E-state index in [1.54, 1.807) is 18.2 Å². The van der Waals surface area contributed by atoms with Gasteiger partial charge in [-0.05, 0) is 36.5 Å². The molecule has 1 aromatic carbocycles. The van der Waals surface area contributed by atoms with E-state index in [1.165, 1.54) is 0 Å². The lowest BCUT2D eigenvalue weighted by Crippen LogP contribution is -2.39. The standard InChI is InChI=1S/C14H21NO4S/c1-2-12-4-3-11(10-16)9-14(12)20(17,18)15-13-5-7-19-8-6-13/h3-4,9,13,15-16H,2,5-8,10H2,1H3. The quantitative estimate of drug-likeness (QED) is 0.856. The van der Waals surface area contributed by atoms with Crippen LogP contribution in [0.15, 0.2) is 23.1 Å². The first kappa shape index (κ1) is 15.4. The van der Waals surface area contributed by atoms with E-state index in [2.05, 4.69) is 4.72 Å². The maximum atomic E-state index is 12.5. The molecule has 1 heterocycles. The first-order valence-electron chi connectivity index (χ1n) is 6.89. The van der Waals surface area contributed by atoms with Gasteiger partial charge in [-0.15, -0.1) is 0 Å². The number of rotatable bonds is 5. The fourth-order valence-corrected chi connectivity index (χ4v) is 4.00. The molecule has 20 heavy (non-hydrogen) atoms. The molecule has 1 aliphatic heterocycles. The Labute approximate surface area is 120 Å². The molecule has 0 aromatic heterocycles. The molecule has 1 fully saturated rings. The van der Waals surface area contributed by atoms with Crippen LogP contribution in [0.4, 0.5) is 0 Å². The molecule has 1 aromatic rings. The highest BCUT2D eigenvalue weighted by Crippen LogP contribution is 2.20. The van der Waals surface area contributed by atoms with E-state index in [9.17, 15) is 13.5 Å². The minimum absolute atomic E-state index is 0.0729. The van der Waals surface area contributed by atoms with Crippen LogP contribution in [0, 0.1) is 0 Å². The molecule has 0 radical (unpaired) electrons. The summed E-state index contributed by atoms with van der Waals surface area (Å²) in [6.45, 7) is 2.93. The van der Waals surface area contributed by atoms with Gasteiger partial charge in [-0.2, -0.15) is 0 Å². The van der Waals surface area contributed by atoms with Crippen molar-refractivity contribution in [2.24, 2.45) is 0 Å². The highest BCUT2D eigenvalue weighted by Gasteiger charge is 2.24. The van der Waals surface area contributed by atoms with Crippen LogP contribution in [-0.4, -0.2) is 32.8 Å². The summed E-state index contributed by atoms with van der Waals surface area (Å²) in [4.78, 5) is 0.276. The zero-order valence-corrected chi connectivity index (χ0v) is 12.4. The molecule has 0 amide bonds. The van der Waals surface area contributed by atoms with Gasteiger partial charge in [-0.25, -0.2) is 13.1 Å². The number of benzene rings is 1. The lowest BCUT2D eigenvalue weighted by atomic mass is 10.1. The van der Waals surface area contributed by atoms with Gasteiger partial charge in [0.1, 0.15) is 0 Å². The predicted molar refractivity (Wildman–Crippen MR) is 75.9 cm³/mol. The van der Waals surface area contributed by atoms with Gasteiger partial charge in [0.25, 0.3) is 0 Å². The first-order valence-corrected chi connectivity index (χ1v) is 8.38. The van der Waals surface area contributed by atoms with Crippen LogP contribution in [0.25, 0.3) is 0 Å². The molecule has 0 spiro atoms. The summed E-state index contributed by atoms with van der Waals surface area (Å²) in [5, 5.41) is 9.18. The first-order chi connectivity index (χ1) is 9.56. The molecule has 0 unspecified atom stereocenters. The molecule has 0 saturated carbocycles. The number of ether oxygens (including phenoxy) is 1. The molecule has 0 bridgehead atoms. The van der Waals surface area contributed by atoms with Gasteiger partial charge in [0.15, 0.2) is 0 Å². The second-order valence-electron chi connectivity index (χ2n) is 4.96. The molecular weight excluding hydrogens is 278 g/mol. The van der Waals surface area contributed by atoms with Gasteiger partial charge in [0.2, 0.25) is 10.0 Å². The highest BCUT2D eigenvalue weighted by molar-refractivity contribution is 7.89. The maximum Gasteiger partial charge on any atom is 0.241 e. The van der Waals surface area contributed by atoms with Crippen molar-refractivity contribution in [3.63, 3.8) is 0 Å². The van der Waals surface area contributed by atoms with Crippen molar-refractivity contribution in [3.05, 3.63) is 29.3 Å². The number of hydrogen-bond acceptors (Lipinski definition) is 4. The SMILES string of the molecule is CCc1ccc(CO)cc1S(=O)(=O)NC1CCOCC1. The van der Waals surface area contributed by atoms with Crippen molar-refractivity contribution in [2.45, 2.75) is 43.7 Å². The van der Waals surface area contributed by atoms with Gasteiger partial charge in [-0.3, -0.25) is 0 Å². The third-order valence-corrected chi connectivity index (χ3v) is 5.13. The Bertz CT molecular complexity index is 550. The molecule has 2 rings (SSSR count). The molecule has 0 atom stereocenters. The Hall–Kier alpha value is -0.950. The molecule has 0 aliphatic carbocycles. The second kappa shape index (κ2) is 6.67. The van der Waals surface area contributed by atoms with Crippen LogP contribution < -0.4 is 4.72 Å². The summed E-state index contributed by atoms with van der Waals surface area (Å²) in [6.07, 6.45) is 2.02. The highest BCUT2D eigenvalue weighted by atomic mass is 32.2. The lowest BCUT2D eigenvalue weighted by Gasteiger charge is -2.23. The Balaban J connectivity index is 2.27. The van der Waals surface area contributed by atoms with Gasteiger partial charge in [-0.1, -0.05) is 19.1 Å². The van der Waals surface area contributed by atoms with E-state index in [4.69, 9.17) is 4.74 Å². The normalized spacial score (nSPS) is 17.3. The van der Waals surface area contributed by atoms with Gasteiger partial charge in [0.05, 0.1) is 11.5 Å². The van der Waals surface area contributed by atoms with E-state index < -0.39 is 10.0 Å². The summed E-state index contributed by atoms with van der Waals surface area (Å²) in [7, 11) is -3.55. The molecule has 1 aliphatic rings. The summed E-state index contributed by atoms with van der Waals surface area (Å²) >= 11 is 0. The average molecular weight is 299 g/mol. The van der Waals surface area contributed by atoms with Gasteiger partial charge in [0, 0.05) is 19.3 Å². The Morgan fingerprint density at radius 1 is 1.35 bits per heavy atom. The van der Waals surface area contributed by atoms with Crippen LogP contribution in [0.2, 0.25) is 0 Å². The number of sulfonamides is 1. The summed E-state index contributed by atoms with van der Waals surface area (Å²) in [5.41, 5.74) is 1.37. The Morgan fingerprint density at radius 2 is 2.05 bits per heavy atom. The maximum absolute atomic E-state index is 12.5. The molecule has 6 heteroatoms. The molecule has 112 valence electrons. The minimum Gasteiger partial charge on any atom is -0.392 e. The molecule has 2 N–H and O–H groups in total. The topological polar surface area (TPSA) is 75.6 Å². The predicted octanol–water partition coefficient (Wildman–Crippen LogP) is 1.20. The zero-order chi connectivity index (χ0) is 14.6. The smallest absolute Gasteiger partial charge is 0.241 e. The van der Waals surface area contributed by atoms with E-state index in [1.807, 2.05) is 6.92 Å². The van der Waals surface area contributed by atoms with Crippen LogP contribution >= 0.6 is 0 Å². The molecule has 5 nitrogen and oxygen atoms in total. The van der Waals surface area contributed by atoms with Crippen LogP contribution in [0.3, 0.4) is 0 Å². The fourth-order valence-electron chi connectivity index (χ4n) is 2.34. The van der Waals surface area contributed by atoms with Crippen molar-refractivity contribution >= 4 is 10.0 Å². The van der Waals surface area contributed by atoms with Crippen LogP contribution in [0.1, 0.15) is 30.9 Å². The third kappa shape index (κ3) is 3.58. The van der Waals surface area contributed by atoms with Crippen molar-refractivity contribution in [1.82, 2.24) is 4.72 Å². The Morgan fingerprint density at radius 3 is 2.65 bits per heavy atom. The lowest BCUT2D eigenvalue weighted by molar-refractivity contribution is 0.0832. The average Bonchev–Trinajstić information content (AvgIpc) is 2.47. The number of hydrogen-bond donors (Lipinski definition) is 2. The van der Waals surface area contributed by atoms with E-state index in [0.717, 1.165) is 5.56 Å². The second-order valence-corrected chi connectivity index (χ2v) is 6.64. The van der Waals surface area contributed by atoms with Crippen molar-refractivity contribution in [1.29, 1.82) is 0 Å². The molecular formula is C14H21NO4S. The minimum atomic E-state index is -3.55. The number of aliphatic hydroxyl groups is 1. The Kier molecular flexibility index (Phi) is 5.15. The summed E-state index contributed by atoms with van der Waals surface area (Å²) in [6, 6.07) is 5.01. The van der Waals surface area contributed by atoms with E-state index >= 15 is 0 Å². The fraction of sp³-hybridized carbons (Fsp3) is 0.571. The summed E-state index contributed by atoms with van der Waals surface area (Å²) in [5.74, 6) is 0. The van der Waals surface area contributed by atoms with Gasteiger partial charge >= 0.3 is 0 Å². The third-order valence-electron chi connectivity index (χ3n) is 3.53. The van der Waals surface area contributed by atoms with Crippen LogP contribution in [0.5, 0.6) is 0 Å².